The molecule has 1 heterocycles. The summed E-state index contributed by atoms with van der Waals surface area (Å²) in [7, 11) is 1.94. The monoisotopic (exact) mass is 336 g/mol. The summed E-state index contributed by atoms with van der Waals surface area (Å²) in [5, 5.41) is 9.13. The van der Waals surface area contributed by atoms with Crippen molar-refractivity contribution in [3.63, 3.8) is 0 Å². The molecule has 4 nitrogen and oxygen atoms in total. The third kappa shape index (κ3) is 4.21. The third-order valence-electron chi connectivity index (χ3n) is 3.48. The highest BCUT2D eigenvalue weighted by Gasteiger charge is 2.13. The molecule has 1 unspecified atom stereocenters. The van der Waals surface area contributed by atoms with Gasteiger partial charge in [-0.3, -0.25) is 4.68 Å². The van der Waals surface area contributed by atoms with Crippen LogP contribution in [0.25, 0.3) is 0 Å². The molecular formula is C16H21ClN4S. The minimum atomic E-state index is 0.153. The molecule has 6 heteroatoms. The smallest absolute Gasteiger partial charge is 0.169 e. The number of thiocarbonyl (C=S) groups is 1. The zero-order chi connectivity index (χ0) is 16.1. The molecule has 0 saturated carbocycles. The van der Waals surface area contributed by atoms with Crippen LogP contribution in [0.4, 0.5) is 0 Å². The number of halogens is 1. The zero-order valence-electron chi connectivity index (χ0n) is 13.1. The molecule has 0 amide bonds. The fraction of sp³-hybridized carbons (Fsp3) is 0.375. The van der Waals surface area contributed by atoms with Gasteiger partial charge in [0.05, 0.1) is 17.6 Å². The summed E-state index contributed by atoms with van der Waals surface area (Å²) in [6, 6.07) is 10.4. The topological polar surface area (TPSA) is 33.1 Å². The molecule has 0 saturated heterocycles. The second-order valence-electron chi connectivity index (χ2n) is 5.22. The Bertz CT molecular complexity index is 626. The van der Waals surface area contributed by atoms with Crippen molar-refractivity contribution in [1.29, 1.82) is 0 Å². The SMILES string of the molecule is CCn1cc(Cl)c(CN(C)C(=S)NC(C)c2ccccc2)n1. The maximum atomic E-state index is 6.20. The van der Waals surface area contributed by atoms with Crippen molar-refractivity contribution in [2.24, 2.45) is 0 Å². The number of hydrogen-bond donors (Lipinski definition) is 1. The van der Waals surface area contributed by atoms with Crippen LogP contribution in [0.3, 0.4) is 0 Å². The van der Waals surface area contributed by atoms with Gasteiger partial charge in [0, 0.05) is 19.8 Å². The standard InChI is InChI=1S/C16H21ClN4S/c1-4-21-10-14(17)15(19-21)11-20(3)16(22)18-12(2)13-8-6-5-7-9-13/h5-10,12H,4,11H2,1-3H3,(H,18,22). The quantitative estimate of drug-likeness (QED) is 0.845. The van der Waals surface area contributed by atoms with E-state index in [1.807, 2.05) is 47.9 Å². The van der Waals surface area contributed by atoms with E-state index in [1.165, 1.54) is 5.56 Å². The lowest BCUT2D eigenvalue weighted by molar-refractivity contribution is 0.466. The molecule has 0 aliphatic rings. The first-order valence-corrected chi connectivity index (χ1v) is 8.08. The van der Waals surface area contributed by atoms with Gasteiger partial charge >= 0.3 is 0 Å². The number of benzene rings is 1. The summed E-state index contributed by atoms with van der Waals surface area (Å²) in [5.41, 5.74) is 2.04. The predicted octanol–water partition coefficient (Wildman–Crippen LogP) is 3.62. The summed E-state index contributed by atoms with van der Waals surface area (Å²) in [4.78, 5) is 1.95. The molecule has 1 N–H and O–H groups in total. The second kappa shape index (κ2) is 7.61. The highest BCUT2D eigenvalue weighted by atomic mass is 35.5. The minimum Gasteiger partial charge on any atom is -0.356 e. The first-order valence-electron chi connectivity index (χ1n) is 7.29. The Hall–Kier alpha value is -1.59. The summed E-state index contributed by atoms with van der Waals surface area (Å²) < 4.78 is 1.83. The van der Waals surface area contributed by atoms with E-state index in [0.717, 1.165) is 12.2 Å². The molecule has 1 atom stereocenters. The Morgan fingerprint density at radius 2 is 2.09 bits per heavy atom. The highest BCUT2D eigenvalue weighted by Crippen LogP contribution is 2.16. The lowest BCUT2D eigenvalue weighted by atomic mass is 10.1. The molecule has 0 aliphatic heterocycles. The van der Waals surface area contributed by atoms with Crippen molar-refractivity contribution in [3.05, 3.63) is 52.8 Å². The number of hydrogen-bond acceptors (Lipinski definition) is 2. The van der Waals surface area contributed by atoms with Crippen LogP contribution in [0.1, 0.15) is 31.1 Å². The van der Waals surface area contributed by atoms with E-state index in [1.54, 1.807) is 0 Å². The van der Waals surface area contributed by atoms with Crippen molar-refractivity contribution < 1.29 is 0 Å². The molecule has 1 aromatic heterocycles. The Morgan fingerprint density at radius 3 is 2.68 bits per heavy atom. The van der Waals surface area contributed by atoms with Crippen molar-refractivity contribution in [1.82, 2.24) is 20.0 Å². The Morgan fingerprint density at radius 1 is 1.41 bits per heavy atom. The first kappa shape index (κ1) is 16.8. The fourth-order valence-electron chi connectivity index (χ4n) is 2.12. The first-order chi connectivity index (χ1) is 10.5. The van der Waals surface area contributed by atoms with Crippen molar-refractivity contribution >= 4 is 28.9 Å². The fourth-order valence-corrected chi connectivity index (χ4v) is 2.57. The third-order valence-corrected chi connectivity index (χ3v) is 4.23. The van der Waals surface area contributed by atoms with Gasteiger partial charge in [-0.25, -0.2) is 0 Å². The van der Waals surface area contributed by atoms with Crippen molar-refractivity contribution in [2.45, 2.75) is 33.0 Å². The van der Waals surface area contributed by atoms with Crippen LogP contribution < -0.4 is 5.32 Å². The normalized spacial score (nSPS) is 12.0. The van der Waals surface area contributed by atoms with Crippen LogP contribution >= 0.6 is 23.8 Å². The van der Waals surface area contributed by atoms with Gasteiger partial charge in [-0.1, -0.05) is 41.9 Å². The van der Waals surface area contributed by atoms with E-state index in [9.17, 15) is 0 Å². The molecule has 0 bridgehead atoms. The van der Waals surface area contributed by atoms with Gasteiger partial charge < -0.3 is 10.2 Å². The molecule has 0 fully saturated rings. The molecule has 0 spiro atoms. The van der Waals surface area contributed by atoms with Gasteiger partial charge in [0.15, 0.2) is 5.11 Å². The molecule has 2 aromatic rings. The lowest BCUT2D eigenvalue weighted by Crippen LogP contribution is -2.38. The van der Waals surface area contributed by atoms with Crippen molar-refractivity contribution in [2.75, 3.05) is 7.05 Å². The molecular weight excluding hydrogens is 316 g/mol. The van der Waals surface area contributed by atoms with Gasteiger partial charge in [-0.15, -0.1) is 0 Å². The van der Waals surface area contributed by atoms with Crippen LogP contribution in [0.5, 0.6) is 0 Å². The molecule has 22 heavy (non-hydrogen) atoms. The van der Waals surface area contributed by atoms with Gasteiger partial charge in [0.2, 0.25) is 0 Å². The van der Waals surface area contributed by atoms with Crippen LogP contribution in [-0.2, 0) is 13.1 Å². The Kier molecular flexibility index (Phi) is 5.80. The summed E-state index contributed by atoms with van der Waals surface area (Å²) in [6.07, 6.45) is 1.84. The van der Waals surface area contributed by atoms with Crippen LogP contribution in [0, 0.1) is 0 Å². The van der Waals surface area contributed by atoms with Crippen LogP contribution in [0.2, 0.25) is 5.02 Å². The van der Waals surface area contributed by atoms with E-state index < -0.39 is 0 Å². The molecule has 0 aliphatic carbocycles. The predicted molar refractivity (Wildman–Crippen MR) is 95.0 cm³/mol. The maximum absolute atomic E-state index is 6.20. The molecule has 2 rings (SSSR count). The molecule has 118 valence electrons. The van der Waals surface area contributed by atoms with E-state index in [0.29, 0.717) is 16.7 Å². The van der Waals surface area contributed by atoms with E-state index in [2.05, 4.69) is 29.5 Å². The summed E-state index contributed by atoms with van der Waals surface area (Å²) >= 11 is 11.7. The zero-order valence-corrected chi connectivity index (χ0v) is 14.7. The van der Waals surface area contributed by atoms with Gasteiger partial charge in [0.1, 0.15) is 5.69 Å². The Labute approximate surface area is 142 Å². The molecule has 1 aromatic carbocycles. The number of rotatable bonds is 5. The summed E-state index contributed by atoms with van der Waals surface area (Å²) in [5.74, 6) is 0. The van der Waals surface area contributed by atoms with Crippen LogP contribution in [-0.4, -0.2) is 26.8 Å². The Balaban J connectivity index is 1.95. The van der Waals surface area contributed by atoms with Crippen molar-refractivity contribution in [3.8, 4) is 0 Å². The van der Waals surface area contributed by atoms with Crippen LogP contribution in [0.15, 0.2) is 36.5 Å². The van der Waals surface area contributed by atoms with E-state index in [4.69, 9.17) is 23.8 Å². The lowest BCUT2D eigenvalue weighted by Gasteiger charge is -2.24. The maximum Gasteiger partial charge on any atom is 0.169 e. The average molecular weight is 337 g/mol. The molecule has 0 radical (unpaired) electrons. The average Bonchev–Trinajstić information content (AvgIpc) is 2.88. The number of nitrogens with zero attached hydrogens (tertiary/aromatic N) is 3. The number of aromatic nitrogens is 2. The minimum absolute atomic E-state index is 0.153. The van der Waals surface area contributed by atoms with E-state index >= 15 is 0 Å². The van der Waals surface area contributed by atoms with Gasteiger partial charge in [0.25, 0.3) is 0 Å². The van der Waals surface area contributed by atoms with Gasteiger partial charge in [-0.05, 0) is 31.6 Å². The van der Waals surface area contributed by atoms with E-state index in [-0.39, 0.29) is 6.04 Å². The largest absolute Gasteiger partial charge is 0.356 e. The van der Waals surface area contributed by atoms with Gasteiger partial charge in [-0.2, -0.15) is 5.10 Å². The number of nitrogens with one attached hydrogen (secondary N) is 1. The summed E-state index contributed by atoms with van der Waals surface area (Å²) in [6.45, 7) is 5.51. The second-order valence-corrected chi connectivity index (χ2v) is 6.01. The number of aryl methyl sites for hydroxylation is 1. The highest BCUT2D eigenvalue weighted by molar-refractivity contribution is 7.80.